The van der Waals surface area contributed by atoms with Gasteiger partial charge in [-0.25, -0.2) is 4.79 Å². The predicted molar refractivity (Wildman–Crippen MR) is 120 cm³/mol. The van der Waals surface area contributed by atoms with E-state index in [1.54, 1.807) is 12.1 Å². The van der Waals surface area contributed by atoms with Crippen molar-refractivity contribution in [1.29, 1.82) is 0 Å². The molecule has 1 aromatic rings. The highest BCUT2D eigenvalue weighted by Gasteiger charge is 2.35. The van der Waals surface area contributed by atoms with Gasteiger partial charge in [-0.1, -0.05) is 57.6 Å². The molecular weight excluding hydrogens is 376 g/mol. The predicted octanol–water partition coefficient (Wildman–Crippen LogP) is 6.79. The summed E-state index contributed by atoms with van der Waals surface area (Å²) >= 11 is 0. The van der Waals surface area contributed by atoms with Crippen LogP contribution in [0.4, 0.5) is 0 Å². The molecule has 4 heteroatoms. The second-order valence-corrected chi connectivity index (χ2v) is 9.40. The first kappa shape index (κ1) is 23.3. The van der Waals surface area contributed by atoms with E-state index in [-0.39, 0.29) is 6.29 Å². The molecule has 2 fully saturated rings. The molecule has 0 radical (unpaired) electrons. The van der Waals surface area contributed by atoms with E-state index in [2.05, 4.69) is 13.8 Å². The van der Waals surface area contributed by atoms with Crippen molar-refractivity contribution in [1.82, 2.24) is 0 Å². The van der Waals surface area contributed by atoms with Crippen LogP contribution in [0.25, 0.3) is 0 Å². The number of carboxylic acids is 1. The van der Waals surface area contributed by atoms with Gasteiger partial charge in [0.1, 0.15) is 0 Å². The van der Waals surface area contributed by atoms with Crippen LogP contribution in [-0.4, -0.2) is 30.1 Å². The first-order chi connectivity index (χ1) is 14.6. The molecule has 1 aromatic carbocycles. The van der Waals surface area contributed by atoms with Gasteiger partial charge in [-0.15, -0.1) is 0 Å². The van der Waals surface area contributed by atoms with E-state index >= 15 is 0 Å². The summed E-state index contributed by atoms with van der Waals surface area (Å²) in [6, 6.07) is 7.42. The second kappa shape index (κ2) is 11.9. The standard InChI is InChI=1S/C26H40O4/c1-3-4-5-6-7-8-9-24-18-29-26(30-19(24)2)23-16-12-21(13-17-23)20-10-14-22(15-11-20)25(27)28/h10-11,14-15,19,21,23-24,26H,3-9,12-13,16-18H2,1-2H3,(H,27,28)/t19-,21?,23?,24+,26+/m1/s1. The summed E-state index contributed by atoms with van der Waals surface area (Å²) in [6.45, 7) is 5.34. The topological polar surface area (TPSA) is 55.8 Å². The second-order valence-electron chi connectivity index (χ2n) is 9.40. The molecule has 1 aliphatic heterocycles. The van der Waals surface area contributed by atoms with Crippen molar-refractivity contribution in [3.8, 4) is 0 Å². The normalized spacial score (nSPS) is 29.6. The molecule has 1 aliphatic carbocycles. The Bertz CT molecular complexity index is 633. The van der Waals surface area contributed by atoms with Gasteiger partial charge in [0, 0.05) is 11.8 Å². The Morgan fingerprint density at radius 1 is 1.00 bits per heavy atom. The zero-order valence-electron chi connectivity index (χ0n) is 18.9. The lowest BCUT2D eigenvalue weighted by atomic mass is 9.78. The maximum atomic E-state index is 11.0. The number of hydrogen-bond acceptors (Lipinski definition) is 3. The van der Waals surface area contributed by atoms with Crippen LogP contribution in [0, 0.1) is 11.8 Å². The molecule has 1 saturated heterocycles. The van der Waals surface area contributed by atoms with Gasteiger partial charge in [-0.2, -0.15) is 0 Å². The minimum absolute atomic E-state index is 0.0452. The zero-order chi connectivity index (χ0) is 21.3. The molecule has 30 heavy (non-hydrogen) atoms. The summed E-state index contributed by atoms with van der Waals surface area (Å²) in [5.41, 5.74) is 1.62. The molecule has 3 rings (SSSR count). The van der Waals surface area contributed by atoms with Crippen LogP contribution in [0.1, 0.15) is 106 Å². The third-order valence-corrected chi connectivity index (χ3v) is 7.20. The van der Waals surface area contributed by atoms with Crippen molar-refractivity contribution in [2.45, 2.75) is 103 Å². The van der Waals surface area contributed by atoms with Gasteiger partial charge in [-0.05, 0) is 62.6 Å². The van der Waals surface area contributed by atoms with Crippen LogP contribution < -0.4 is 0 Å². The molecule has 0 unspecified atom stereocenters. The molecule has 1 heterocycles. The molecule has 0 aromatic heterocycles. The van der Waals surface area contributed by atoms with Gasteiger partial charge in [-0.3, -0.25) is 0 Å². The van der Waals surface area contributed by atoms with E-state index in [4.69, 9.17) is 14.6 Å². The summed E-state index contributed by atoms with van der Waals surface area (Å²) in [7, 11) is 0. The lowest BCUT2D eigenvalue weighted by molar-refractivity contribution is -0.257. The Morgan fingerprint density at radius 3 is 2.30 bits per heavy atom. The van der Waals surface area contributed by atoms with E-state index in [0.29, 0.717) is 29.4 Å². The van der Waals surface area contributed by atoms with Crippen molar-refractivity contribution in [3.05, 3.63) is 35.4 Å². The number of ether oxygens (including phenoxy) is 2. The van der Waals surface area contributed by atoms with E-state index in [9.17, 15) is 4.79 Å². The number of rotatable bonds is 10. The highest BCUT2D eigenvalue weighted by molar-refractivity contribution is 5.87. The minimum atomic E-state index is -0.860. The number of benzene rings is 1. The molecule has 3 atom stereocenters. The van der Waals surface area contributed by atoms with Gasteiger partial charge in [0.05, 0.1) is 18.3 Å². The van der Waals surface area contributed by atoms with Crippen molar-refractivity contribution >= 4 is 5.97 Å². The van der Waals surface area contributed by atoms with Crippen LogP contribution in [0.2, 0.25) is 0 Å². The van der Waals surface area contributed by atoms with Gasteiger partial charge in [0.25, 0.3) is 0 Å². The maximum absolute atomic E-state index is 11.0. The molecule has 2 aliphatic rings. The Morgan fingerprint density at radius 2 is 1.67 bits per heavy atom. The molecule has 0 spiro atoms. The van der Waals surface area contributed by atoms with Crippen LogP contribution in [0.5, 0.6) is 0 Å². The van der Waals surface area contributed by atoms with E-state index in [1.807, 2.05) is 12.1 Å². The number of hydrogen-bond donors (Lipinski definition) is 1. The molecule has 1 saturated carbocycles. The molecule has 0 amide bonds. The van der Waals surface area contributed by atoms with Crippen molar-refractivity contribution in [3.63, 3.8) is 0 Å². The summed E-state index contributed by atoms with van der Waals surface area (Å²) in [6.07, 6.45) is 14.0. The van der Waals surface area contributed by atoms with Gasteiger partial charge >= 0.3 is 5.97 Å². The van der Waals surface area contributed by atoms with Crippen molar-refractivity contribution in [2.75, 3.05) is 6.61 Å². The molecule has 168 valence electrons. The third kappa shape index (κ3) is 6.55. The van der Waals surface area contributed by atoms with Crippen molar-refractivity contribution < 1.29 is 19.4 Å². The highest BCUT2D eigenvalue weighted by Crippen LogP contribution is 2.40. The Hall–Kier alpha value is -1.39. The maximum Gasteiger partial charge on any atom is 0.335 e. The summed E-state index contributed by atoms with van der Waals surface area (Å²) in [4.78, 5) is 11.0. The quantitative estimate of drug-likeness (QED) is 0.427. The number of carbonyl (C=O) groups is 1. The average molecular weight is 417 g/mol. The lowest BCUT2D eigenvalue weighted by Crippen LogP contribution is -2.42. The Kier molecular flexibility index (Phi) is 9.20. The minimum Gasteiger partial charge on any atom is -0.478 e. The Labute approximate surface area is 182 Å². The SMILES string of the molecule is CCCCCCCC[C@H]1CO[C@H](C2CCC(c3ccc(C(=O)O)cc3)CC2)O[C@@H]1C. The number of carboxylic acid groups (broad SMARTS) is 1. The van der Waals surface area contributed by atoms with Gasteiger partial charge in [0.15, 0.2) is 6.29 Å². The monoisotopic (exact) mass is 416 g/mol. The smallest absolute Gasteiger partial charge is 0.335 e. The molecule has 1 N–H and O–H groups in total. The Balaban J connectivity index is 1.37. The highest BCUT2D eigenvalue weighted by atomic mass is 16.7. The van der Waals surface area contributed by atoms with Crippen LogP contribution in [0.3, 0.4) is 0 Å². The average Bonchev–Trinajstić information content (AvgIpc) is 2.77. The fourth-order valence-electron chi connectivity index (χ4n) is 5.09. The summed E-state index contributed by atoms with van der Waals surface area (Å²) in [5.74, 6) is 0.680. The van der Waals surface area contributed by atoms with Crippen molar-refractivity contribution in [2.24, 2.45) is 11.8 Å². The third-order valence-electron chi connectivity index (χ3n) is 7.20. The first-order valence-electron chi connectivity index (χ1n) is 12.2. The largest absolute Gasteiger partial charge is 0.478 e. The first-order valence-corrected chi connectivity index (χ1v) is 12.2. The number of unbranched alkanes of at least 4 members (excludes halogenated alkanes) is 5. The summed E-state index contributed by atoms with van der Waals surface area (Å²) < 4.78 is 12.5. The summed E-state index contributed by atoms with van der Waals surface area (Å²) in [5, 5.41) is 9.07. The lowest BCUT2D eigenvalue weighted by Gasteiger charge is -2.40. The van der Waals surface area contributed by atoms with Crippen LogP contribution in [-0.2, 0) is 9.47 Å². The van der Waals surface area contributed by atoms with E-state index in [0.717, 1.165) is 32.3 Å². The van der Waals surface area contributed by atoms with Gasteiger partial charge < -0.3 is 14.6 Å². The van der Waals surface area contributed by atoms with Crippen LogP contribution in [0.15, 0.2) is 24.3 Å². The van der Waals surface area contributed by atoms with Gasteiger partial charge in [0.2, 0.25) is 0 Å². The zero-order valence-corrected chi connectivity index (χ0v) is 18.9. The van der Waals surface area contributed by atoms with Crippen LogP contribution >= 0.6 is 0 Å². The van der Waals surface area contributed by atoms with E-state index < -0.39 is 5.97 Å². The molecular formula is C26H40O4. The van der Waals surface area contributed by atoms with E-state index in [1.165, 1.54) is 50.5 Å². The fraction of sp³-hybridized carbons (Fsp3) is 0.731. The molecule has 4 nitrogen and oxygen atoms in total. The molecule has 0 bridgehead atoms. The fourth-order valence-corrected chi connectivity index (χ4v) is 5.09. The number of aromatic carboxylic acids is 1.